The predicted octanol–water partition coefficient (Wildman–Crippen LogP) is 6.71. The number of hydrogen-bond acceptors (Lipinski definition) is 7. The number of aliphatic hydroxyl groups is 1. The number of carbonyl (C=O) groups is 2. The number of amides is 1. The lowest BCUT2D eigenvalue weighted by Crippen LogP contribution is -2.29. The minimum atomic E-state index is -1.07. The van der Waals surface area contributed by atoms with E-state index in [9.17, 15) is 19.8 Å². The summed E-state index contributed by atoms with van der Waals surface area (Å²) >= 11 is 16.6. The van der Waals surface area contributed by atoms with Gasteiger partial charge in [-0.05, 0) is 76.1 Å². The van der Waals surface area contributed by atoms with Gasteiger partial charge in [0.2, 0.25) is 0 Å². The molecule has 1 fully saturated rings. The molecular formula is C25H15BrCl2N2O5S. The Morgan fingerprint density at radius 2 is 1.78 bits per heavy atom. The van der Waals surface area contributed by atoms with Crippen LogP contribution in [0, 0.1) is 0 Å². The van der Waals surface area contributed by atoms with E-state index >= 15 is 0 Å². The summed E-state index contributed by atoms with van der Waals surface area (Å²) < 4.78 is 6.29. The molecule has 1 atom stereocenters. The van der Waals surface area contributed by atoms with Gasteiger partial charge in [-0.3, -0.25) is 14.5 Å². The van der Waals surface area contributed by atoms with Crippen LogP contribution in [-0.4, -0.2) is 34.0 Å². The third-order valence-corrected chi connectivity index (χ3v) is 7.80. The summed E-state index contributed by atoms with van der Waals surface area (Å²) in [5.74, 6) is -2.14. The Hall–Kier alpha value is -3.11. The Balaban J connectivity index is 1.77. The summed E-state index contributed by atoms with van der Waals surface area (Å²) in [5, 5.41) is 22.8. The molecule has 0 radical (unpaired) electrons. The number of aromatic hydroxyl groups is 1. The van der Waals surface area contributed by atoms with Crippen molar-refractivity contribution >= 4 is 83.3 Å². The standard InChI is InChI=1S/C25H15BrCl2N2O5S/c1-35-17-9-12(8-15(26)22(17)32)20-19(21(31)11-2-4-13(27)5-3-11)23(33)24(34)30(20)25-29-16-7-6-14(28)10-18(16)36-25/h2-10,20,31-32H,1H3/b21-19+. The molecule has 4 aromatic rings. The van der Waals surface area contributed by atoms with Crippen molar-refractivity contribution in [2.75, 3.05) is 12.0 Å². The van der Waals surface area contributed by atoms with Gasteiger partial charge in [0, 0.05) is 15.6 Å². The number of aromatic nitrogens is 1. The highest BCUT2D eigenvalue weighted by atomic mass is 79.9. The lowest BCUT2D eigenvalue weighted by Gasteiger charge is -2.24. The second-order valence-corrected chi connectivity index (χ2v) is 10.6. The van der Waals surface area contributed by atoms with Gasteiger partial charge in [-0.1, -0.05) is 34.5 Å². The summed E-state index contributed by atoms with van der Waals surface area (Å²) in [7, 11) is 1.38. The lowest BCUT2D eigenvalue weighted by atomic mass is 9.95. The van der Waals surface area contributed by atoms with Gasteiger partial charge in [-0.2, -0.15) is 0 Å². The number of phenolic OH excluding ortho intramolecular Hbond substituents is 1. The second-order valence-electron chi connectivity index (χ2n) is 7.84. The number of hydrogen-bond donors (Lipinski definition) is 2. The smallest absolute Gasteiger partial charge is 0.301 e. The first-order valence-corrected chi connectivity index (χ1v) is 12.8. The van der Waals surface area contributed by atoms with E-state index in [1.165, 1.54) is 29.4 Å². The average Bonchev–Trinajstić information content (AvgIpc) is 3.38. The largest absolute Gasteiger partial charge is 0.507 e. The van der Waals surface area contributed by atoms with Crippen LogP contribution in [0.15, 0.2) is 64.6 Å². The summed E-state index contributed by atoms with van der Waals surface area (Å²) in [6.45, 7) is 0. The number of ether oxygens (including phenoxy) is 1. The summed E-state index contributed by atoms with van der Waals surface area (Å²) in [6, 6.07) is 13.4. The molecule has 0 spiro atoms. The van der Waals surface area contributed by atoms with Crippen LogP contribution in [0.25, 0.3) is 16.0 Å². The molecule has 0 saturated carbocycles. The van der Waals surface area contributed by atoms with Crippen LogP contribution >= 0.6 is 50.5 Å². The number of Topliss-reactive ketones (excluding diaryl/α,β-unsaturated/α-hetero) is 1. The van der Waals surface area contributed by atoms with Crippen molar-refractivity contribution in [3.63, 3.8) is 0 Å². The average molecular weight is 606 g/mol. The van der Waals surface area contributed by atoms with Gasteiger partial charge in [0.1, 0.15) is 5.76 Å². The molecule has 1 unspecified atom stereocenters. The Morgan fingerprint density at radius 3 is 2.47 bits per heavy atom. The van der Waals surface area contributed by atoms with Gasteiger partial charge < -0.3 is 14.9 Å². The molecule has 1 saturated heterocycles. The normalized spacial score (nSPS) is 17.2. The first kappa shape index (κ1) is 24.6. The number of rotatable bonds is 4. The molecule has 0 aliphatic carbocycles. The third-order valence-electron chi connectivity index (χ3n) is 5.69. The SMILES string of the molecule is COc1cc(C2/C(=C(\O)c3ccc(Cl)cc3)C(=O)C(=O)N2c2nc3ccc(Cl)cc3s2)cc(Br)c1O. The second kappa shape index (κ2) is 9.40. The van der Waals surface area contributed by atoms with Crippen molar-refractivity contribution in [2.24, 2.45) is 0 Å². The van der Waals surface area contributed by atoms with Gasteiger partial charge in [0.25, 0.3) is 5.78 Å². The highest BCUT2D eigenvalue weighted by Gasteiger charge is 2.48. The number of halogens is 3. The molecule has 0 bridgehead atoms. The maximum atomic E-state index is 13.4. The minimum Gasteiger partial charge on any atom is -0.507 e. The summed E-state index contributed by atoms with van der Waals surface area (Å²) in [5.41, 5.74) is 1.17. The molecule has 36 heavy (non-hydrogen) atoms. The molecule has 1 aromatic heterocycles. The summed E-state index contributed by atoms with van der Waals surface area (Å²) in [6.07, 6.45) is 0. The fraction of sp³-hybridized carbons (Fsp3) is 0.0800. The zero-order valence-electron chi connectivity index (χ0n) is 18.3. The van der Waals surface area contributed by atoms with Gasteiger partial charge in [-0.25, -0.2) is 4.98 Å². The van der Waals surface area contributed by atoms with Crippen molar-refractivity contribution in [3.8, 4) is 11.5 Å². The fourth-order valence-corrected chi connectivity index (χ4v) is 5.86. The summed E-state index contributed by atoms with van der Waals surface area (Å²) in [4.78, 5) is 32.5. The van der Waals surface area contributed by atoms with Crippen LogP contribution in [0.5, 0.6) is 11.5 Å². The number of benzene rings is 3. The molecule has 2 heterocycles. The highest BCUT2D eigenvalue weighted by molar-refractivity contribution is 9.10. The quantitative estimate of drug-likeness (QED) is 0.152. The molecule has 1 aliphatic rings. The van der Waals surface area contributed by atoms with Crippen LogP contribution < -0.4 is 9.64 Å². The number of aliphatic hydroxyl groups excluding tert-OH is 1. The number of anilines is 1. The molecule has 3 aromatic carbocycles. The van der Waals surface area contributed by atoms with E-state index in [0.717, 1.165) is 4.70 Å². The van der Waals surface area contributed by atoms with Crippen molar-refractivity contribution in [1.82, 2.24) is 4.98 Å². The topological polar surface area (TPSA) is 100.0 Å². The van der Waals surface area contributed by atoms with E-state index in [1.807, 2.05) is 0 Å². The van der Waals surface area contributed by atoms with Crippen molar-refractivity contribution in [1.29, 1.82) is 0 Å². The van der Waals surface area contributed by atoms with Crippen LogP contribution in [0.4, 0.5) is 5.13 Å². The van der Waals surface area contributed by atoms with E-state index in [1.54, 1.807) is 48.5 Å². The molecule has 182 valence electrons. The van der Waals surface area contributed by atoms with E-state index < -0.39 is 17.7 Å². The molecule has 1 aliphatic heterocycles. The van der Waals surface area contributed by atoms with Crippen LogP contribution in [-0.2, 0) is 9.59 Å². The van der Waals surface area contributed by atoms with E-state index in [4.69, 9.17) is 27.9 Å². The lowest BCUT2D eigenvalue weighted by molar-refractivity contribution is -0.132. The zero-order valence-corrected chi connectivity index (χ0v) is 22.2. The number of phenols is 1. The van der Waals surface area contributed by atoms with Crippen molar-refractivity contribution in [3.05, 3.63) is 85.8 Å². The Kier molecular flexibility index (Phi) is 6.42. The molecule has 2 N–H and O–H groups in total. The molecule has 11 heteroatoms. The first-order chi connectivity index (χ1) is 17.2. The number of nitrogens with zero attached hydrogens (tertiary/aromatic N) is 2. The fourth-order valence-electron chi connectivity index (χ4n) is 4.01. The molecule has 7 nitrogen and oxygen atoms in total. The van der Waals surface area contributed by atoms with E-state index in [0.29, 0.717) is 26.7 Å². The molecular weight excluding hydrogens is 591 g/mol. The maximum absolute atomic E-state index is 13.4. The van der Waals surface area contributed by atoms with Gasteiger partial charge in [0.05, 0.1) is 33.4 Å². The minimum absolute atomic E-state index is 0.118. The number of ketones is 1. The number of fused-ring (bicyclic) bond motifs is 1. The number of carbonyl (C=O) groups excluding carboxylic acids is 2. The van der Waals surface area contributed by atoms with E-state index in [2.05, 4.69) is 20.9 Å². The Labute approximate surface area is 227 Å². The third kappa shape index (κ3) is 4.12. The number of thiazole rings is 1. The first-order valence-electron chi connectivity index (χ1n) is 10.4. The van der Waals surface area contributed by atoms with Gasteiger partial charge in [0.15, 0.2) is 16.6 Å². The molecule has 5 rings (SSSR count). The molecule has 1 amide bonds. The van der Waals surface area contributed by atoms with E-state index in [-0.39, 0.29) is 32.4 Å². The van der Waals surface area contributed by atoms with Crippen LogP contribution in [0.2, 0.25) is 10.0 Å². The highest BCUT2D eigenvalue weighted by Crippen LogP contribution is 2.47. The number of methoxy groups -OCH3 is 1. The zero-order chi connectivity index (χ0) is 25.7. The van der Waals surface area contributed by atoms with Crippen LogP contribution in [0.1, 0.15) is 17.2 Å². The monoisotopic (exact) mass is 604 g/mol. The van der Waals surface area contributed by atoms with Crippen molar-refractivity contribution in [2.45, 2.75) is 6.04 Å². The maximum Gasteiger partial charge on any atom is 0.301 e. The van der Waals surface area contributed by atoms with Gasteiger partial charge in [-0.15, -0.1) is 0 Å². The van der Waals surface area contributed by atoms with Gasteiger partial charge >= 0.3 is 5.91 Å². The predicted molar refractivity (Wildman–Crippen MR) is 143 cm³/mol. The van der Waals surface area contributed by atoms with Crippen molar-refractivity contribution < 1.29 is 24.5 Å². The Morgan fingerprint density at radius 1 is 1.08 bits per heavy atom. The van der Waals surface area contributed by atoms with Crippen LogP contribution in [0.3, 0.4) is 0 Å². The Bertz CT molecular complexity index is 1590.